The number of amides is 1. The second kappa shape index (κ2) is 6.93. The third-order valence-electron chi connectivity index (χ3n) is 4.86. The third kappa shape index (κ3) is 3.16. The van der Waals surface area contributed by atoms with Gasteiger partial charge in [0.05, 0.1) is 6.54 Å². The number of nitrogens with one attached hydrogen (secondary N) is 1. The summed E-state index contributed by atoms with van der Waals surface area (Å²) in [7, 11) is 0. The Bertz CT molecular complexity index is 1170. The minimum atomic E-state index is -0.369. The summed E-state index contributed by atoms with van der Waals surface area (Å²) >= 11 is 0. The van der Waals surface area contributed by atoms with E-state index in [4.69, 9.17) is 0 Å². The molecule has 0 fully saturated rings. The number of nitrogens with zero attached hydrogens (tertiary/aromatic N) is 6. The van der Waals surface area contributed by atoms with Crippen molar-refractivity contribution in [1.29, 1.82) is 0 Å². The van der Waals surface area contributed by atoms with Gasteiger partial charge in [0.2, 0.25) is 11.6 Å². The highest BCUT2D eigenvalue weighted by atomic mass is 19.1. The number of aromatic amines is 1. The van der Waals surface area contributed by atoms with Crippen molar-refractivity contribution in [2.24, 2.45) is 0 Å². The third-order valence-corrected chi connectivity index (χ3v) is 4.86. The maximum atomic E-state index is 13.1. The van der Waals surface area contributed by atoms with E-state index in [9.17, 15) is 9.18 Å². The van der Waals surface area contributed by atoms with E-state index in [-0.39, 0.29) is 11.7 Å². The Morgan fingerprint density at radius 3 is 2.59 bits per heavy atom. The number of halogens is 1. The van der Waals surface area contributed by atoms with E-state index in [0.717, 1.165) is 5.56 Å². The second-order valence-electron chi connectivity index (χ2n) is 6.70. The van der Waals surface area contributed by atoms with Crippen LogP contribution in [0.2, 0.25) is 0 Å². The molecule has 1 N–H and O–H groups in total. The van der Waals surface area contributed by atoms with Crippen molar-refractivity contribution in [3.8, 4) is 23.0 Å². The summed E-state index contributed by atoms with van der Waals surface area (Å²) in [4.78, 5) is 18.9. The van der Waals surface area contributed by atoms with Crippen LogP contribution in [0.5, 0.6) is 0 Å². The summed E-state index contributed by atoms with van der Waals surface area (Å²) in [5.74, 6) is 1.80. The van der Waals surface area contributed by atoms with Crippen LogP contribution in [0.1, 0.15) is 16.2 Å². The molecule has 0 unspecified atom stereocenters. The molecule has 0 saturated carbocycles. The fourth-order valence-electron chi connectivity index (χ4n) is 3.36. The molecule has 0 radical (unpaired) electrons. The van der Waals surface area contributed by atoms with Gasteiger partial charge < -0.3 is 9.47 Å². The van der Waals surface area contributed by atoms with Crippen molar-refractivity contribution >= 4 is 5.91 Å². The first kappa shape index (κ1) is 17.2. The van der Waals surface area contributed by atoms with Crippen LogP contribution in [0.25, 0.3) is 23.0 Å². The number of hydrogen-bond acceptors (Lipinski definition) is 5. The predicted molar refractivity (Wildman–Crippen MR) is 102 cm³/mol. The van der Waals surface area contributed by atoms with Gasteiger partial charge in [0.25, 0.3) is 5.91 Å². The molecule has 3 heterocycles. The summed E-state index contributed by atoms with van der Waals surface area (Å²) in [6.45, 7) is 1.34. The minimum absolute atomic E-state index is 0.162. The normalized spacial score (nSPS) is 13.3. The van der Waals surface area contributed by atoms with Crippen molar-refractivity contribution < 1.29 is 9.18 Å². The molecular formula is C20H16FN7O. The van der Waals surface area contributed by atoms with E-state index < -0.39 is 0 Å². The van der Waals surface area contributed by atoms with Crippen LogP contribution in [-0.4, -0.2) is 47.3 Å². The maximum absolute atomic E-state index is 13.1. The fraction of sp³-hybridized carbons (Fsp3) is 0.150. The highest BCUT2D eigenvalue weighted by molar-refractivity contribution is 5.94. The highest BCUT2D eigenvalue weighted by Gasteiger charge is 2.27. The van der Waals surface area contributed by atoms with Gasteiger partial charge in [-0.25, -0.2) is 9.37 Å². The Kier molecular flexibility index (Phi) is 4.12. The van der Waals surface area contributed by atoms with E-state index in [1.54, 1.807) is 4.90 Å². The van der Waals surface area contributed by atoms with Gasteiger partial charge in [-0.1, -0.05) is 30.3 Å². The predicted octanol–water partition coefficient (Wildman–Crippen LogP) is 2.53. The molecule has 4 aromatic rings. The average molecular weight is 389 g/mol. The number of benzene rings is 2. The lowest BCUT2D eigenvalue weighted by Crippen LogP contribution is -2.38. The maximum Gasteiger partial charge on any atom is 0.254 e. The quantitative estimate of drug-likeness (QED) is 0.581. The first-order valence-corrected chi connectivity index (χ1v) is 9.14. The van der Waals surface area contributed by atoms with Crippen molar-refractivity contribution in [2.45, 2.75) is 13.1 Å². The topological polar surface area (TPSA) is 92.6 Å². The van der Waals surface area contributed by atoms with E-state index in [0.29, 0.717) is 48.5 Å². The lowest BCUT2D eigenvalue weighted by atomic mass is 10.2. The Morgan fingerprint density at radius 2 is 1.79 bits per heavy atom. The lowest BCUT2D eigenvalue weighted by Gasteiger charge is -2.27. The molecule has 1 amide bonds. The molecule has 2 aromatic heterocycles. The SMILES string of the molecule is O=C(c1ccc(F)cc1)N1CCn2c(nnc2-c2n[nH]c(-c3ccccc3)n2)C1. The van der Waals surface area contributed by atoms with Crippen molar-refractivity contribution in [3.05, 3.63) is 71.8 Å². The van der Waals surface area contributed by atoms with Gasteiger partial charge >= 0.3 is 0 Å². The Labute approximate surface area is 165 Å². The standard InChI is InChI=1S/C20H16FN7O/c21-15-8-6-14(7-9-15)20(29)27-10-11-28-16(12-27)23-26-19(28)18-22-17(24-25-18)13-4-2-1-3-5-13/h1-9H,10-12H2,(H,22,24,25). The second-order valence-corrected chi connectivity index (χ2v) is 6.70. The summed E-state index contributed by atoms with van der Waals surface area (Å²) in [5, 5.41) is 15.7. The molecule has 0 bridgehead atoms. The van der Waals surface area contributed by atoms with Crippen LogP contribution in [0.15, 0.2) is 54.6 Å². The summed E-state index contributed by atoms with van der Waals surface area (Å²) in [5.41, 5.74) is 1.38. The van der Waals surface area contributed by atoms with Gasteiger partial charge in [-0.05, 0) is 24.3 Å². The summed E-state index contributed by atoms with van der Waals surface area (Å²) in [6, 6.07) is 15.2. The molecule has 0 aliphatic carbocycles. The zero-order chi connectivity index (χ0) is 19.8. The van der Waals surface area contributed by atoms with Crippen molar-refractivity contribution in [2.75, 3.05) is 6.54 Å². The first-order valence-electron chi connectivity index (χ1n) is 9.14. The smallest absolute Gasteiger partial charge is 0.254 e. The molecule has 1 aliphatic heterocycles. The molecule has 0 spiro atoms. The molecule has 5 rings (SSSR count). The molecule has 0 atom stereocenters. The van der Waals surface area contributed by atoms with Gasteiger partial charge in [-0.3, -0.25) is 9.89 Å². The Hall–Kier alpha value is -3.88. The van der Waals surface area contributed by atoms with Crippen LogP contribution in [0.4, 0.5) is 4.39 Å². The molecular weight excluding hydrogens is 373 g/mol. The zero-order valence-electron chi connectivity index (χ0n) is 15.3. The minimum Gasteiger partial charge on any atom is -0.329 e. The van der Waals surface area contributed by atoms with Crippen LogP contribution in [0.3, 0.4) is 0 Å². The van der Waals surface area contributed by atoms with Crippen molar-refractivity contribution in [3.63, 3.8) is 0 Å². The number of carbonyl (C=O) groups excluding carboxylic acids is 1. The Balaban J connectivity index is 1.38. The fourth-order valence-corrected chi connectivity index (χ4v) is 3.36. The van der Waals surface area contributed by atoms with Crippen molar-refractivity contribution in [1.82, 2.24) is 34.8 Å². The summed E-state index contributed by atoms with van der Waals surface area (Å²) in [6.07, 6.45) is 0. The van der Waals surface area contributed by atoms with Crippen LogP contribution < -0.4 is 0 Å². The van der Waals surface area contributed by atoms with E-state index in [1.165, 1.54) is 24.3 Å². The van der Waals surface area contributed by atoms with Crippen LogP contribution in [-0.2, 0) is 13.1 Å². The molecule has 2 aromatic carbocycles. The lowest BCUT2D eigenvalue weighted by molar-refractivity contribution is 0.0708. The van der Waals surface area contributed by atoms with Gasteiger partial charge in [-0.2, -0.15) is 0 Å². The monoisotopic (exact) mass is 389 g/mol. The number of rotatable bonds is 3. The molecule has 8 nitrogen and oxygen atoms in total. The summed E-state index contributed by atoms with van der Waals surface area (Å²) < 4.78 is 15.0. The zero-order valence-corrected chi connectivity index (χ0v) is 15.3. The van der Waals surface area contributed by atoms with Gasteiger partial charge in [0, 0.05) is 24.2 Å². The Morgan fingerprint density at radius 1 is 1.00 bits per heavy atom. The first-order chi connectivity index (χ1) is 14.2. The van der Waals surface area contributed by atoms with Gasteiger partial charge in [-0.15, -0.1) is 15.3 Å². The number of aromatic nitrogens is 6. The van der Waals surface area contributed by atoms with E-state index in [1.807, 2.05) is 34.9 Å². The number of carbonyl (C=O) groups is 1. The van der Waals surface area contributed by atoms with Gasteiger partial charge in [0.15, 0.2) is 11.6 Å². The van der Waals surface area contributed by atoms with Gasteiger partial charge in [0.1, 0.15) is 5.82 Å². The average Bonchev–Trinajstić information content (AvgIpc) is 3.41. The number of fused-ring (bicyclic) bond motifs is 1. The molecule has 1 aliphatic rings. The molecule has 144 valence electrons. The van der Waals surface area contributed by atoms with Crippen LogP contribution in [0, 0.1) is 5.82 Å². The highest BCUT2D eigenvalue weighted by Crippen LogP contribution is 2.22. The van der Waals surface area contributed by atoms with E-state index in [2.05, 4.69) is 25.4 Å². The largest absolute Gasteiger partial charge is 0.329 e. The number of H-pyrrole nitrogens is 1. The molecule has 0 saturated heterocycles. The van der Waals surface area contributed by atoms with Crippen LogP contribution >= 0.6 is 0 Å². The molecule has 29 heavy (non-hydrogen) atoms. The number of hydrogen-bond donors (Lipinski definition) is 1. The van der Waals surface area contributed by atoms with E-state index >= 15 is 0 Å². The molecule has 9 heteroatoms.